The third-order valence-electron chi connectivity index (χ3n) is 3.27. The van der Waals surface area contributed by atoms with Gasteiger partial charge < -0.3 is 4.57 Å². The number of hydrogen-bond donors (Lipinski definition) is 0. The maximum Gasteiger partial charge on any atom is 0.150 e. The van der Waals surface area contributed by atoms with Crippen LogP contribution >= 0.6 is 11.6 Å². The molecule has 0 bridgehead atoms. The van der Waals surface area contributed by atoms with Crippen LogP contribution in [0.4, 0.5) is 4.39 Å². The monoisotopic (exact) mass is 287 g/mol. The fourth-order valence-corrected chi connectivity index (χ4v) is 2.47. The van der Waals surface area contributed by atoms with Gasteiger partial charge >= 0.3 is 0 Å². The van der Waals surface area contributed by atoms with Gasteiger partial charge in [0.1, 0.15) is 12.1 Å². The Hall–Kier alpha value is -2.13. The molecule has 0 aliphatic carbocycles. The number of nitrogens with zero attached hydrogens (tertiary/aromatic N) is 1. The summed E-state index contributed by atoms with van der Waals surface area (Å²) in [5.74, 6) is -0.414. The van der Waals surface area contributed by atoms with Gasteiger partial charge in [-0.1, -0.05) is 17.7 Å². The van der Waals surface area contributed by atoms with Gasteiger partial charge in [-0.25, -0.2) is 4.39 Å². The largest absolute Gasteiger partial charge is 0.343 e. The number of fused-ring (bicyclic) bond motifs is 1. The lowest BCUT2D eigenvalue weighted by Gasteiger charge is -2.07. The fourth-order valence-electron chi connectivity index (χ4n) is 2.26. The van der Waals surface area contributed by atoms with Crippen molar-refractivity contribution in [3.8, 4) is 0 Å². The molecule has 0 atom stereocenters. The van der Waals surface area contributed by atoms with Crippen LogP contribution in [0, 0.1) is 5.82 Å². The van der Waals surface area contributed by atoms with E-state index in [-0.39, 0.29) is 5.02 Å². The van der Waals surface area contributed by atoms with Gasteiger partial charge in [0, 0.05) is 29.2 Å². The zero-order chi connectivity index (χ0) is 14.1. The zero-order valence-electron chi connectivity index (χ0n) is 10.5. The van der Waals surface area contributed by atoms with Crippen LogP contribution in [0.25, 0.3) is 10.9 Å². The molecule has 20 heavy (non-hydrogen) atoms. The summed E-state index contributed by atoms with van der Waals surface area (Å²) in [5, 5.41) is 1.13. The van der Waals surface area contributed by atoms with Crippen LogP contribution in [0.2, 0.25) is 5.02 Å². The van der Waals surface area contributed by atoms with Crippen molar-refractivity contribution in [2.45, 2.75) is 6.54 Å². The maximum absolute atomic E-state index is 13.1. The van der Waals surface area contributed by atoms with Crippen molar-refractivity contribution in [3.63, 3.8) is 0 Å². The Morgan fingerprint density at radius 2 is 2.00 bits per heavy atom. The summed E-state index contributed by atoms with van der Waals surface area (Å²) in [7, 11) is 0. The molecule has 0 saturated heterocycles. The fraction of sp³-hybridized carbons (Fsp3) is 0.0625. The van der Waals surface area contributed by atoms with Gasteiger partial charge in [0.2, 0.25) is 0 Å². The van der Waals surface area contributed by atoms with E-state index < -0.39 is 5.82 Å². The second kappa shape index (κ2) is 5.10. The Labute approximate surface area is 120 Å². The molecule has 1 heterocycles. The summed E-state index contributed by atoms with van der Waals surface area (Å²) in [6, 6.07) is 12.2. The molecule has 0 N–H and O–H groups in total. The van der Waals surface area contributed by atoms with Crippen LogP contribution in [0.15, 0.2) is 48.7 Å². The topological polar surface area (TPSA) is 22.0 Å². The summed E-state index contributed by atoms with van der Waals surface area (Å²) >= 11 is 5.79. The van der Waals surface area contributed by atoms with Crippen LogP contribution in [0.3, 0.4) is 0 Å². The van der Waals surface area contributed by atoms with Crippen LogP contribution in [-0.4, -0.2) is 10.9 Å². The maximum atomic E-state index is 13.1. The highest BCUT2D eigenvalue weighted by molar-refractivity contribution is 6.30. The molecule has 0 fully saturated rings. The molecule has 0 unspecified atom stereocenters. The Bertz CT molecular complexity index is 794. The van der Waals surface area contributed by atoms with Gasteiger partial charge in [-0.2, -0.15) is 0 Å². The molecule has 3 aromatic rings. The third-order valence-corrected chi connectivity index (χ3v) is 3.56. The first-order chi connectivity index (χ1) is 9.67. The second-order valence-corrected chi connectivity index (χ2v) is 5.04. The van der Waals surface area contributed by atoms with Gasteiger partial charge in [-0.05, 0) is 42.0 Å². The molecule has 2 nitrogen and oxygen atoms in total. The number of hydrogen-bond acceptors (Lipinski definition) is 1. The third kappa shape index (κ3) is 2.32. The van der Waals surface area contributed by atoms with Crippen molar-refractivity contribution in [2.24, 2.45) is 0 Å². The van der Waals surface area contributed by atoms with E-state index in [4.69, 9.17) is 11.6 Å². The number of benzene rings is 2. The lowest BCUT2D eigenvalue weighted by Crippen LogP contribution is -1.98. The highest BCUT2D eigenvalue weighted by Gasteiger charge is 2.05. The number of halogens is 2. The molecular weight excluding hydrogens is 277 g/mol. The van der Waals surface area contributed by atoms with Crippen LogP contribution < -0.4 is 0 Å². The SMILES string of the molecule is O=Cc1ccc2c(ccn2Cc2ccc(F)c(Cl)c2)c1. The summed E-state index contributed by atoms with van der Waals surface area (Å²) in [4.78, 5) is 10.8. The number of carbonyl (C=O) groups excluding carboxylic acids is 1. The lowest BCUT2D eigenvalue weighted by molar-refractivity contribution is 0.112. The molecule has 3 rings (SSSR count). The summed E-state index contributed by atoms with van der Waals surface area (Å²) < 4.78 is 15.2. The van der Waals surface area contributed by atoms with E-state index in [1.54, 1.807) is 18.2 Å². The van der Waals surface area contributed by atoms with E-state index in [2.05, 4.69) is 0 Å². The van der Waals surface area contributed by atoms with Crippen molar-refractivity contribution in [3.05, 3.63) is 70.6 Å². The highest BCUT2D eigenvalue weighted by atomic mass is 35.5. The molecule has 1 aromatic heterocycles. The van der Waals surface area contributed by atoms with Crippen LogP contribution in [0.5, 0.6) is 0 Å². The molecule has 100 valence electrons. The van der Waals surface area contributed by atoms with Crippen LogP contribution in [0.1, 0.15) is 15.9 Å². The summed E-state index contributed by atoms with van der Waals surface area (Å²) in [6.45, 7) is 0.601. The Balaban J connectivity index is 1.98. The van der Waals surface area contributed by atoms with E-state index in [9.17, 15) is 9.18 Å². The molecule has 0 aliphatic rings. The van der Waals surface area contributed by atoms with Crippen molar-refractivity contribution >= 4 is 28.8 Å². The molecule has 2 aromatic carbocycles. The van der Waals surface area contributed by atoms with Crippen molar-refractivity contribution in [1.82, 2.24) is 4.57 Å². The summed E-state index contributed by atoms with van der Waals surface area (Å²) in [5.41, 5.74) is 2.60. The normalized spacial score (nSPS) is 10.9. The van der Waals surface area contributed by atoms with E-state index in [1.807, 2.05) is 29.0 Å². The predicted molar refractivity (Wildman–Crippen MR) is 77.8 cm³/mol. The van der Waals surface area contributed by atoms with Gasteiger partial charge in [-0.15, -0.1) is 0 Å². The number of carbonyl (C=O) groups is 1. The number of aldehydes is 1. The van der Waals surface area contributed by atoms with E-state index in [0.717, 1.165) is 22.8 Å². The minimum Gasteiger partial charge on any atom is -0.343 e. The molecule has 0 radical (unpaired) electrons. The van der Waals surface area contributed by atoms with Crippen LogP contribution in [-0.2, 0) is 6.54 Å². The first-order valence-corrected chi connectivity index (χ1v) is 6.53. The Morgan fingerprint density at radius 3 is 2.75 bits per heavy atom. The first kappa shape index (κ1) is 12.9. The smallest absolute Gasteiger partial charge is 0.150 e. The molecule has 0 amide bonds. The Morgan fingerprint density at radius 1 is 1.15 bits per heavy atom. The second-order valence-electron chi connectivity index (χ2n) is 4.63. The quantitative estimate of drug-likeness (QED) is 0.659. The van der Waals surface area contributed by atoms with Gasteiger partial charge in [-0.3, -0.25) is 4.79 Å². The average Bonchev–Trinajstić information content (AvgIpc) is 2.85. The molecule has 0 aliphatic heterocycles. The van der Waals surface area contributed by atoms with Gasteiger partial charge in [0.25, 0.3) is 0 Å². The number of aromatic nitrogens is 1. The van der Waals surface area contributed by atoms with Gasteiger partial charge in [0.05, 0.1) is 5.02 Å². The highest BCUT2D eigenvalue weighted by Crippen LogP contribution is 2.21. The summed E-state index contributed by atoms with van der Waals surface area (Å²) in [6.07, 6.45) is 2.77. The molecule has 0 saturated carbocycles. The average molecular weight is 288 g/mol. The first-order valence-electron chi connectivity index (χ1n) is 6.15. The van der Waals surface area contributed by atoms with E-state index >= 15 is 0 Å². The van der Waals surface area contributed by atoms with Crippen molar-refractivity contribution in [1.29, 1.82) is 0 Å². The van der Waals surface area contributed by atoms with E-state index in [1.165, 1.54) is 6.07 Å². The molecular formula is C16H11ClFNO. The molecule has 0 spiro atoms. The van der Waals surface area contributed by atoms with Crippen molar-refractivity contribution < 1.29 is 9.18 Å². The Kier molecular flexibility index (Phi) is 3.28. The minimum absolute atomic E-state index is 0.127. The predicted octanol–water partition coefficient (Wildman–Crippen LogP) is 4.29. The van der Waals surface area contributed by atoms with Crippen molar-refractivity contribution in [2.75, 3.05) is 0 Å². The van der Waals surface area contributed by atoms with E-state index in [0.29, 0.717) is 12.1 Å². The zero-order valence-corrected chi connectivity index (χ0v) is 11.3. The molecule has 4 heteroatoms. The lowest BCUT2D eigenvalue weighted by atomic mass is 10.2. The van der Waals surface area contributed by atoms with Gasteiger partial charge in [0.15, 0.2) is 0 Å². The minimum atomic E-state index is -0.414. The number of rotatable bonds is 3. The standard InChI is InChI=1S/C16H11ClFNO/c17-14-8-11(1-3-15(14)18)9-19-6-5-13-7-12(10-20)2-4-16(13)19/h1-8,10H,9H2.